The van der Waals surface area contributed by atoms with E-state index in [-0.39, 0.29) is 18.7 Å². The van der Waals surface area contributed by atoms with Gasteiger partial charge < -0.3 is 5.11 Å². The first kappa shape index (κ1) is 12.7. The average molecular weight is 229 g/mol. The lowest BCUT2D eigenvalue weighted by molar-refractivity contribution is 0.0931. The van der Waals surface area contributed by atoms with Crippen LogP contribution >= 0.6 is 0 Å². The number of Topliss-reactive ketones (excluding diaryl/α,β-unsaturated/α-hetero) is 1. The van der Waals surface area contributed by atoms with Crippen molar-refractivity contribution in [2.24, 2.45) is 0 Å². The summed E-state index contributed by atoms with van der Waals surface area (Å²) >= 11 is 0. The molecule has 0 atom stereocenters. The van der Waals surface area contributed by atoms with Crippen molar-refractivity contribution in [3.05, 3.63) is 35.4 Å². The van der Waals surface area contributed by atoms with Crippen LogP contribution in [-0.2, 0) is 0 Å². The van der Waals surface area contributed by atoms with Crippen LogP contribution in [-0.4, -0.2) is 42.5 Å². The molecule has 0 unspecified atom stereocenters. The minimum Gasteiger partial charge on any atom is -0.395 e. The van der Waals surface area contributed by atoms with Gasteiger partial charge in [0.15, 0.2) is 5.78 Å². The number of hydrogen-bond acceptors (Lipinski definition) is 3. The first-order valence-corrected chi connectivity index (χ1v) is 4.82. The molecule has 88 valence electrons. The summed E-state index contributed by atoms with van der Waals surface area (Å²) in [6.07, 6.45) is 0. The van der Waals surface area contributed by atoms with Crippen LogP contribution < -0.4 is 0 Å². The van der Waals surface area contributed by atoms with Gasteiger partial charge >= 0.3 is 0 Å². The lowest BCUT2D eigenvalue weighted by Crippen LogP contribution is -2.29. The fourth-order valence-electron chi connectivity index (χ4n) is 1.29. The second-order valence-corrected chi connectivity index (χ2v) is 3.51. The topological polar surface area (TPSA) is 40.5 Å². The van der Waals surface area contributed by atoms with Crippen LogP contribution in [0.25, 0.3) is 0 Å². The molecule has 0 radical (unpaired) electrons. The van der Waals surface area contributed by atoms with Crippen molar-refractivity contribution in [2.45, 2.75) is 0 Å². The van der Waals surface area contributed by atoms with Crippen LogP contribution in [0.2, 0.25) is 0 Å². The molecule has 0 aliphatic carbocycles. The highest BCUT2D eigenvalue weighted by Crippen LogP contribution is 2.10. The van der Waals surface area contributed by atoms with E-state index in [4.69, 9.17) is 5.11 Å². The number of carbonyl (C=O) groups is 1. The van der Waals surface area contributed by atoms with Crippen LogP contribution in [0.5, 0.6) is 0 Å². The van der Waals surface area contributed by atoms with Gasteiger partial charge in [-0.15, -0.1) is 0 Å². The Morgan fingerprint density at radius 1 is 1.44 bits per heavy atom. The number of carbonyl (C=O) groups excluding carboxylic acids is 1. The van der Waals surface area contributed by atoms with E-state index in [1.165, 1.54) is 4.90 Å². The molecule has 0 amide bonds. The third-order valence-electron chi connectivity index (χ3n) is 2.12. The molecular weight excluding hydrogens is 216 g/mol. The molecular formula is C11H13F2NO2. The number of hydrogen-bond donors (Lipinski definition) is 1. The van der Waals surface area contributed by atoms with E-state index in [2.05, 4.69) is 0 Å². The van der Waals surface area contributed by atoms with E-state index in [1.54, 1.807) is 7.05 Å². The molecule has 0 heterocycles. The number of nitrogens with zero attached hydrogens (tertiary/aromatic N) is 1. The Hall–Kier alpha value is -1.33. The lowest BCUT2D eigenvalue weighted by Gasteiger charge is -2.13. The van der Waals surface area contributed by atoms with Crippen LogP contribution in [0.15, 0.2) is 18.2 Å². The van der Waals surface area contributed by atoms with Gasteiger partial charge in [-0.1, -0.05) is 0 Å². The summed E-state index contributed by atoms with van der Waals surface area (Å²) in [6, 6.07) is 2.77. The van der Waals surface area contributed by atoms with Crippen molar-refractivity contribution in [1.82, 2.24) is 4.90 Å². The second-order valence-electron chi connectivity index (χ2n) is 3.51. The summed E-state index contributed by atoms with van der Waals surface area (Å²) < 4.78 is 26.0. The van der Waals surface area contributed by atoms with Gasteiger partial charge in [-0.05, 0) is 25.2 Å². The molecule has 1 rings (SSSR count). The zero-order valence-corrected chi connectivity index (χ0v) is 8.91. The van der Waals surface area contributed by atoms with Crippen molar-refractivity contribution >= 4 is 5.78 Å². The highest BCUT2D eigenvalue weighted by atomic mass is 19.1. The Kier molecular flexibility index (Phi) is 4.52. The quantitative estimate of drug-likeness (QED) is 0.768. The van der Waals surface area contributed by atoms with E-state index < -0.39 is 17.4 Å². The van der Waals surface area contributed by atoms with Crippen LogP contribution in [0, 0.1) is 11.6 Å². The predicted octanol–water partition coefficient (Wildman–Crippen LogP) is 1.07. The monoisotopic (exact) mass is 229 g/mol. The molecule has 3 nitrogen and oxygen atoms in total. The predicted molar refractivity (Wildman–Crippen MR) is 55.3 cm³/mol. The normalized spacial score (nSPS) is 10.8. The molecule has 1 N–H and O–H groups in total. The number of aliphatic hydroxyl groups excluding tert-OH is 1. The standard InChI is InChI=1S/C11H13F2NO2/c1-14(4-5-15)7-11(16)9-6-8(12)2-3-10(9)13/h2-3,6,15H,4-5,7H2,1H3. The molecule has 0 bridgehead atoms. The zero-order chi connectivity index (χ0) is 12.1. The number of halogens is 2. The summed E-state index contributed by atoms with van der Waals surface area (Å²) in [4.78, 5) is 13.1. The summed E-state index contributed by atoms with van der Waals surface area (Å²) in [5, 5.41) is 8.63. The van der Waals surface area contributed by atoms with E-state index in [0.29, 0.717) is 6.54 Å². The second kappa shape index (κ2) is 5.67. The van der Waals surface area contributed by atoms with Gasteiger partial charge in [0.1, 0.15) is 11.6 Å². The van der Waals surface area contributed by atoms with Crippen LogP contribution in [0.1, 0.15) is 10.4 Å². The number of aliphatic hydroxyl groups is 1. The first-order valence-electron chi connectivity index (χ1n) is 4.82. The number of rotatable bonds is 5. The molecule has 0 aromatic heterocycles. The fraction of sp³-hybridized carbons (Fsp3) is 0.364. The van der Waals surface area contributed by atoms with Gasteiger partial charge in [-0.2, -0.15) is 0 Å². The van der Waals surface area contributed by atoms with Gasteiger partial charge in [0.25, 0.3) is 0 Å². The van der Waals surface area contributed by atoms with Crippen molar-refractivity contribution in [3.63, 3.8) is 0 Å². The molecule has 16 heavy (non-hydrogen) atoms. The minimum absolute atomic E-state index is 0.0546. The summed E-state index contributed by atoms with van der Waals surface area (Å²) in [6.45, 7) is 0.166. The molecule has 1 aromatic carbocycles. The first-order chi connectivity index (χ1) is 7.54. The maximum absolute atomic E-state index is 13.2. The number of ketones is 1. The third kappa shape index (κ3) is 3.36. The maximum Gasteiger partial charge on any atom is 0.179 e. The molecule has 0 saturated heterocycles. The number of benzene rings is 1. The van der Waals surface area contributed by atoms with Gasteiger partial charge in [0.2, 0.25) is 0 Å². The minimum atomic E-state index is -0.733. The molecule has 0 spiro atoms. The Bertz CT molecular complexity index is 382. The van der Waals surface area contributed by atoms with Gasteiger partial charge in [0.05, 0.1) is 18.7 Å². The van der Waals surface area contributed by atoms with E-state index in [1.807, 2.05) is 0 Å². The highest BCUT2D eigenvalue weighted by Gasteiger charge is 2.14. The molecule has 1 aromatic rings. The van der Waals surface area contributed by atoms with Gasteiger partial charge in [-0.3, -0.25) is 9.69 Å². The van der Waals surface area contributed by atoms with E-state index in [0.717, 1.165) is 18.2 Å². The smallest absolute Gasteiger partial charge is 0.179 e. The Morgan fingerprint density at radius 3 is 2.75 bits per heavy atom. The maximum atomic E-state index is 13.2. The SMILES string of the molecule is CN(CCO)CC(=O)c1cc(F)ccc1F. The summed E-state index contributed by atoms with van der Waals surface area (Å²) in [7, 11) is 1.62. The van der Waals surface area contributed by atoms with Crippen LogP contribution in [0.4, 0.5) is 8.78 Å². The molecule has 0 aliphatic heterocycles. The average Bonchev–Trinajstić information content (AvgIpc) is 2.21. The van der Waals surface area contributed by atoms with E-state index in [9.17, 15) is 13.6 Å². The Balaban J connectivity index is 2.76. The Morgan fingerprint density at radius 2 is 2.12 bits per heavy atom. The summed E-state index contributed by atoms with van der Waals surface area (Å²) in [5.74, 6) is -1.88. The van der Waals surface area contributed by atoms with Crippen molar-refractivity contribution in [1.29, 1.82) is 0 Å². The molecule has 0 saturated carbocycles. The van der Waals surface area contributed by atoms with Crippen molar-refractivity contribution in [3.8, 4) is 0 Å². The largest absolute Gasteiger partial charge is 0.395 e. The molecule has 5 heteroatoms. The van der Waals surface area contributed by atoms with Crippen molar-refractivity contribution < 1.29 is 18.7 Å². The molecule has 0 aliphatic rings. The lowest BCUT2D eigenvalue weighted by atomic mass is 10.1. The van der Waals surface area contributed by atoms with Gasteiger partial charge in [0, 0.05) is 6.54 Å². The Labute approximate surface area is 92.3 Å². The van der Waals surface area contributed by atoms with Crippen molar-refractivity contribution in [2.75, 3.05) is 26.7 Å². The fourth-order valence-corrected chi connectivity index (χ4v) is 1.29. The highest BCUT2D eigenvalue weighted by molar-refractivity contribution is 5.97. The summed E-state index contributed by atoms with van der Waals surface area (Å²) in [5.41, 5.74) is -0.259. The van der Waals surface area contributed by atoms with Gasteiger partial charge in [-0.25, -0.2) is 8.78 Å². The van der Waals surface area contributed by atoms with Crippen LogP contribution in [0.3, 0.4) is 0 Å². The molecule has 0 fully saturated rings. The number of likely N-dealkylation sites (N-methyl/N-ethyl adjacent to an activating group) is 1. The third-order valence-corrected chi connectivity index (χ3v) is 2.12. The van der Waals surface area contributed by atoms with E-state index >= 15 is 0 Å². The zero-order valence-electron chi connectivity index (χ0n) is 8.91.